The largest absolute Gasteiger partial charge is 0.388 e. The molecule has 2 rings (SSSR count). The normalized spacial score (nSPS) is 16.9. The molecule has 1 fully saturated rings. The van der Waals surface area contributed by atoms with Gasteiger partial charge in [0.1, 0.15) is 11.6 Å². The zero-order chi connectivity index (χ0) is 13.8. The van der Waals surface area contributed by atoms with Crippen LogP contribution in [0.3, 0.4) is 0 Å². The lowest BCUT2D eigenvalue weighted by atomic mass is 10.1. The Bertz CT molecular complexity index is 400. The van der Waals surface area contributed by atoms with E-state index in [-0.39, 0.29) is 0 Å². The fourth-order valence-electron chi connectivity index (χ4n) is 2.28. The predicted octanol–water partition coefficient (Wildman–Crippen LogP) is 3.12. The molecule has 0 radical (unpaired) electrons. The first-order valence-electron chi connectivity index (χ1n) is 6.95. The molecule has 1 atom stereocenters. The first kappa shape index (κ1) is 14.4. The van der Waals surface area contributed by atoms with Gasteiger partial charge in [0.05, 0.1) is 6.10 Å². The third-order valence-electron chi connectivity index (χ3n) is 3.65. The van der Waals surface area contributed by atoms with Crippen molar-refractivity contribution in [3.63, 3.8) is 0 Å². The van der Waals surface area contributed by atoms with E-state index < -0.39 is 17.7 Å². The van der Waals surface area contributed by atoms with Crippen molar-refractivity contribution in [2.45, 2.75) is 32.3 Å². The van der Waals surface area contributed by atoms with Crippen molar-refractivity contribution < 1.29 is 13.9 Å². The Morgan fingerprint density at radius 3 is 2.42 bits per heavy atom. The van der Waals surface area contributed by atoms with Gasteiger partial charge < -0.3 is 10.0 Å². The molecular weight excluding hydrogens is 248 g/mol. The predicted molar refractivity (Wildman–Crippen MR) is 70.8 cm³/mol. The van der Waals surface area contributed by atoms with Crippen molar-refractivity contribution >= 4 is 0 Å². The summed E-state index contributed by atoms with van der Waals surface area (Å²) in [6, 6.07) is 3.22. The lowest BCUT2D eigenvalue weighted by molar-refractivity contribution is 0.141. The van der Waals surface area contributed by atoms with Crippen molar-refractivity contribution in [3.05, 3.63) is 35.4 Å². The Morgan fingerprint density at radius 2 is 1.89 bits per heavy atom. The molecule has 1 unspecified atom stereocenters. The summed E-state index contributed by atoms with van der Waals surface area (Å²) < 4.78 is 26.1. The summed E-state index contributed by atoms with van der Waals surface area (Å²) in [5.74, 6) is -0.470. The number of halogens is 2. The van der Waals surface area contributed by atoms with Gasteiger partial charge in [-0.25, -0.2) is 8.78 Å². The molecule has 0 aromatic heterocycles. The molecule has 1 N–H and O–H groups in total. The average molecular weight is 269 g/mol. The average Bonchev–Trinajstić information content (AvgIpc) is 3.16. The van der Waals surface area contributed by atoms with E-state index in [1.54, 1.807) is 0 Å². The van der Waals surface area contributed by atoms with Crippen molar-refractivity contribution in [2.75, 3.05) is 19.6 Å². The molecule has 0 aliphatic heterocycles. The molecule has 1 aliphatic carbocycles. The van der Waals surface area contributed by atoms with Crippen LogP contribution in [0.15, 0.2) is 18.2 Å². The van der Waals surface area contributed by atoms with Gasteiger partial charge in [-0.15, -0.1) is 0 Å². The maximum Gasteiger partial charge on any atom is 0.126 e. The van der Waals surface area contributed by atoms with E-state index in [0.717, 1.165) is 31.6 Å². The second kappa shape index (κ2) is 6.44. The standard InChI is InChI=1S/C15H21F2NO/c1-2-18(10-11-3-4-11)6-5-15(19)12-7-13(16)9-14(17)8-12/h7-9,11,15,19H,2-6,10H2,1H3. The Labute approximate surface area is 113 Å². The van der Waals surface area contributed by atoms with Crippen LogP contribution in [-0.2, 0) is 0 Å². The Hall–Kier alpha value is -1.00. The van der Waals surface area contributed by atoms with E-state index in [9.17, 15) is 13.9 Å². The maximum absolute atomic E-state index is 13.1. The van der Waals surface area contributed by atoms with E-state index in [1.807, 2.05) is 0 Å². The van der Waals surface area contributed by atoms with Gasteiger partial charge in [0.2, 0.25) is 0 Å². The van der Waals surface area contributed by atoms with E-state index in [4.69, 9.17) is 0 Å². The van der Waals surface area contributed by atoms with Crippen LogP contribution in [0.5, 0.6) is 0 Å². The van der Waals surface area contributed by atoms with Gasteiger partial charge in [0, 0.05) is 19.2 Å². The van der Waals surface area contributed by atoms with E-state index in [0.29, 0.717) is 12.0 Å². The molecule has 0 amide bonds. The molecular formula is C15H21F2NO. The molecule has 0 saturated heterocycles. The molecule has 106 valence electrons. The Kier molecular flexibility index (Phi) is 4.88. The summed E-state index contributed by atoms with van der Waals surface area (Å²) in [5.41, 5.74) is 0.319. The molecule has 1 aromatic rings. The van der Waals surface area contributed by atoms with Crippen molar-refractivity contribution in [1.29, 1.82) is 0 Å². The summed E-state index contributed by atoms with van der Waals surface area (Å²) >= 11 is 0. The maximum atomic E-state index is 13.1. The van der Waals surface area contributed by atoms with Crippen molar-refractivity contribution in [2.24, 2.45) is 5.92 Å². The van der Waals surface area contributed by atoms with Gasteiger partial charge >= 0.3 is 0 Å². The van der Waals surface area contributed by atoms with Crippen LogP contribution < -0.4 is 0 Å². The smallest absolute Gasteiger partial charge is 0.126 e. The van der Waals surface area contributed by atoms with Gasteiger partial charge in [0.25, 0.3) is 0 Å². The van der Waals surface area contributed by atoms with Crippen LogP contribution in [0.1, 0.15) is 37.9 Å². The minimum absolute atomic E-state index is 0.319. The highest BCUT2D eigenvalue weighted by Gasteiger charge is 2.23. The fourth-order valence-corrected chi connectivity index (χ4v) is 2.28. The highest BCUT2D eigenvalue weighted by molar-refractivity contribution is 5.20. The quantitative estimate of drug-likeness (QED) is 0.822. The number of aliphatic hydroxyl groups is 1. The minimum Gasteiger partial charge on any atom is -0.388 e. The molecule has 4 heteroatoms. The van der Waals surface area contributed by atoms with Gasteiger partial charge in [-0.1, -0.05) is 6.92 Å². The number of benzene rings is 1. The monoisotopic (exact) mass is 269 g/mol. The molecule has 1 aliphatic rings. The third-order valence-corrected chi connectivity index (χ3v) is 3.65. The Balaban J connectivity index is 1.86. The lowest BCUT2D eigenvalue weighted by Gasteiger charge is -2.22. The molecule has 0 heterocycles. The zero-order valence-corrected chi connectivity index (χ0v) is 11.3. The van der Waals surface area contributed by atoms with Crippen LogP contribution in [-0.4, -0.2) is 29.6 Å². The fraction of sp³-hybridized carbons (Fsp3) is 0.600. The van der Waals surface area contributed by atoms with Gasteiger partial charge in [-0.3, -0.25) is 0 Å². The highest BCUT2D eigenvalue weighted by Crippen LogP contribution is 2.30. The highest BCUT2D eigenvalue weighted by atomic mass is 19.1. The molecule has 0 spiro atoms. The summed E-state index contributed by atoms with van der Waals surface area (Å²) in [5, 5.41) is 10.0. The van der Waals surface area contributed by atoms with Crippen LogP contribution in [0.25, 0.3) is 0 Å². The number of aliphatic hydroxyl groups excluding tert-OH is 1. The first-order chi connectivity index (χ1) is 9.08. The molecule has 1 aromatic carbocycles. The third kappa shape index (κ3) is 4.55. The van der Waals surface area contributed by atoms with Gasteiger partial charge in [-0.2, -0.15) is 0 Å². The van der Waals surface area contributed by atoms with Crippen LogP contribution >= 0.6 is 0 Å². The summed E-state index contributed by atoms with van der Waals surface area (Å²) in [4.78, 5) is 2.29. The zero-order valence-electron chi connectivity index (χ0n) is 11.3. The molecule has 2 nitrogen and oxygen atoms in total. The summed E-state index contributed by atoms with van der Waals surface area (Å²) in [6.07, 6.45) is 2.30. The topological polar surface area (TPSA) is 23.5 Å². The van der Waals surface area contributed by atoms with Crippen molar-refractivity contribution in [1.82, 2.24) is 4.90 Å². The SMILES string of the molecule is CCN(CCC(O)c1cc(F)cc(F)c1)CC1CC1. The van der Waals surface area contributed by atoms with Crippen LogP contribution in [0.2, 0.25) is 0 Å². The van der Waals surface area contributed by atoms with Crippen LogP contribution in [0, 0.1) is 17.6 Å². The van der Waals surface area contributed by atoms with Crippen molar-refractivity contribution in [3.8, 4) is 0 Å². The van der Waals surface area contributed by atoms with Gasteiger partial charge in [-0.05, 0) is 49.4 Å². The number of nitrogens with zero attached hydrogens (tertiary/aromatic N) is 1. The van der Waals surface area contributed by atoms with Crippen LogP contribution in [0.4, 0.5) is 8.78 Å². The first-order valence-corrected chi connectivity index (χ1v) is 6.95. The number of rotatable bonds is 7. The summed E-state index contributed by atoms with van der Waals surface area (Å²) in [7, 11) is 0. The summed E-state index contributed by atoms with van der Waals surface area (Å²) in [6.45, 7) is 4.87. The van der Waals surface area contributed by atoms with Gasteiger partial charge in [0.15, 0.2) is 0 Å². The molecule has 0 bridgehead atoms. The van der Waals surface area contributed by atoms with E-state index in [2.05, 4.69) is 11.8 Å². The second-order valence-electron chi connectivity index (χ2n) is 5.34. The van der Waals surface area contributed by atoms with E-state index in [1.165, 1.54) is 25.0 Å². The second-order valence-corrected chi connectivity index (χ2v) is 5.34. The Morgan fingerprint density at radius 1 is 1.26 bits per heavy atom. The molecule has 1 saturated carbocycles. The van der Waals surface area contributed by atoms with E-state index >= 15 is 0 Å². The molecule has 19 heavy (non-hydrogen) atoms. The number of hydrogen-bond acceptors (Lipinski definition) is 2. The number of hydrogen-bond donors (Lipinski definition) is 1. The minimum atomic E-state index is -0.807. The lowest BCUT2D eigenvalue weighted by Crippen LogP contribution is -2.28.